The predicted octanol–water partition coefficient (Wildman–Crippen LogP) is -0.121. The first-order chi connectivity index (χ1) is 6.07. The molecular weight excluding hydrogens is 267 g/mol. The van der Waals surface area contributed by atoms with Gasteiger partial charge in [0.2, 0.25) is 0 Å². The van der Waals surface area contributed by atoms with Crippen molar-refractivity contribution in [1.29, 1.82) is 0 Å². The Kier molecular flexibility index (Phi) is 4.57. The molecule has 0 fully saturated rings. The molecular formula is H4NO10P3. The van der Waals surface area contributed by atoms with E-state index in [1.165, 1.54) is 0 Å². The largest absolute Gasteiger partial charge is 0.671 e. The van der Waals surface area contributed by atoms with Crippen molar-refractivity contribution < 1.29 is 41.7 Å². The molecule has 0 radical (unpaired) electrons. The summed E-state index contributed by atoms with van der Waals surface area (Å²) in [6.45, 7) is 0. The molecule has 0 bridgehead atoms. The lowest BCUT2D eigenvalue weighted by atomic mass is 13.4. The summed E-state index contributed by atoms with van der Waals surface area (Å²) in [5.41, 5.74) is 0. The Bertz CT molecular complexity index is 341. The van der Waals surface area contributed by atoms with Crippen LogP contribution in [0.5, 0.6) is 0 Å². The summed E-state index contributed by atoms with van der Waals surface area (Å²) < 4.78 is 35.3. The Labute approximate surface area is 76.6 Å². The van der Waals surface area contributed by atoms with E-state index in [1.54, 1.807) is 0 Å². The second kappa shape index (κ2) is 4.61. The van der Waals surface area contributed by atoms with Crippen LogP contribution in [0.1, 0.15) is 0 Å². The first-order valence-corrected chi connectivity index (χ1v) is 6.80. The van der Waals surface area contributed by atoms with Crippen LogP contribution in [0.3, 0.4) is 0 Å². The number of hydrogen-bond acceptors (Lipinski definition) is 7. The van der Waals surface area contributed by atoms with Crippen molar-refractivity contribution in [3.8, 4) is 0 Å². The number of nitrogens with zero attached hydrogens (tertiary/aromatic N) is 1. The van der Waals surface area contributed by atoms with Gasteiger partial charge in [-0.25, -0.2) is 8.88 Å². The summed E-state index contributed by atoms with van der Waals surface area (Å²) in [4.78, 5) is 34.4. The maximum atomic E-state index is 10.5. The first kappa shape index (κ1) is 13.9. The molecule has 0 aromatic heterocycles. The molecule has 3 unspecified atom stereocenters. The zero-order chi connectivity index (χ0) is 11.6. The average Bonchev–Trinajstić information content (AvgIpc) is 1.79. The fourth-order valence-corrected chi connectivity index (χ4v) is 2.82. The van der Waals surface area contributed by atoms with Gasteiger partial charge in [-0.05, 0) is 0 Å². The SMILES string of the molecule is O=[N+]([O-])P(=O)(O)OP(=O)(O)O[PH](=O)O. The molecule has 0 heterocycles. The highest BCUT2D eigenvalue weighted by molar-refractivity contribution is 7.63. The van der Waals surface area contributed by atoms with Crippen molar-refractivity contribution in [2.24, 2.45) is 0 Å². The lowest BCUT2D eigenvalue weighted by molar-refractivity contribution is -0.339. The van der Waals surface area contributed by atoms with Crippen LogP contribution in [-0.2, 0) is 22.3 Å². The molecule has 3 atom stereocenters. The lowest BCUT2D eigenvalue weighted by Crippen LogP contribution is -1.98. The van der Waals surface area contributed by atoms with Crippen LogP contribution in [0.2, 0.25) is 0 Å². The average molecular weight is 271 g/mol. The summed E-state index contributed by atoms with van der Waals surface area (Å²) in [6, 6.07) is 0. The maximum absolute atomic E-state index is 10.5. The maximum Gasteiger partial charge on any atom is 0.671 e. The second-order valence-corrected chi connectivity index (χ2v) is 5.80. The highest BCUT2D eigenvalue weighted by atomic mass is 31.3. The van der Waals surface area contributed by atoms with Gasteiger partial charge < -0.3 is 9.79 Å². The number of nitro groups is 1. The lowest BCUT2D eigenvalue weighted by Gasteiger charge is -2.07. The van der Waals surface area contributed by atoms with Crippen molar-refractivity contribution in [3.05, 3.63) is 10.1 Å². The summed E-state index contributed by atoms with van der Waals surface area (Å²) in [5, 5.41) is 9.73. The molecule has 11 nitrogen and oxygen atoms in total. The van der Waals surface area contributed by atoms with Crippen molar-refractivity contribution in [3.63, 3.8) is 0 Å². The standard InChI is InChI=1S/H4NO10P3/c2-1(3)13(6,7)11-14(8,9)10-12(4)5/h12H,(H,4,5)(H,6,7)(H,8,9). The fourth-order valence-electron chi connectivity index (χ4n) is 0.280. The Morgan fingerprint density at radius 3 is 2.07 bits per heavy atom. The Hall–Kier alpha value is -0.110. The van der Waals surface area contributed by atoms with Crippen LogP contribution in [0.4, 0.5) is 0 Å². The molecule has 0 aliphatic carbocycles. The Balaban J connectivity index is 4.68. The molecule has 0 aromatic rings. The minimum Gasteiger partial charge on any atom is -0.326 e. The van der Waals surface area contributed by atoms with E-state index in [1.807, 2.05) is 0 Å². The van der Waals surface area contributed by atoms with Gasteiger partial charge in [-0.3, -0.25) is 19.6 Å². The monoisotopic (exact) mass is 271 g/mol. The zero-order valence-corrected chi connectivity index (χ0v) is 8.83. The van der Waals surface area contributed by atoms with Crippen molar-refractivity contribution in [2.45, 2.75) is 0 Å². The van der Waals surface area contributed by atoms with Gasteiger partial charge in [0, 0.05) is 0 Å². The van der Waals surface area contributed by atoms with Crippen LogP contribution in [0.15, 0.2) is 0 Å². The van der Waals surface area contributed by atoms with Crippen LogP contribution in [0.25, 0.3) is 0 Å². The molecule has 0 aliphatic heterocycles. The van der Waals surface area contributed by atoms with E-state index in [4.69, 9.17) is 14.7 Å². The third kappa shape index (κ3) is 4.94. The summed E-state index contributed by atoms with van der Waals surface area (Å²) in [6.07, 6.45) is 0. The van der Waals surface area contributed by atoms with E-state index >= 15 is 0 Å². The molecule has 0 aromatic carbocycles. The van der Waals surface area contributed by atoms with Crippen LogP contribution in [0, 0.1) is 10.1 Å². The smallest absolute Gasteiger partial charge is 0.326 e. The predicted molar refractivity (Wildman–Crippen MR) is 40.0 cm³/mol. The molecule has 0 saturated carbocycles. The van der Waals surface area contributed by atoms with Gasteiger partial charge in [-0.2, -0.15) is 4.57 Å². The van der Waals surface area contributed by atoms with E-state index < -0.39 is 28.5 Å². The van der Waals surface area contributed by atoms with E-state index in [0.717, 1.165) is 0 Å². The molecule has 0 saturated heterocycles. The summed E-state index contributed by atoms with van der Waals surface area (Å²) in [5.74, 6) is 0. The van der Waals surface area contributed by atoms with Crippen LogP contribution >= 0.6 is 23.8 Å². The second-order valence-electron chi connectivity index (χ2n) is 1.64. The topological polar surface area (TPSA) is 174 Å². The third-order valence-electron chi connectivity index (χ3n) is 0.609. The Morgan fingerprint density at radius 2 is 1.79 bits per heavy atom. The molecule has 14 heteroatoms. The number of hydrogen-bond donors (Lipinski definition) is 3. The van der Waals surface area contributed by atoms with E-state index in [-0.39, 0.29) is 0 Å². The Morgan fingerprint density at radius 1 is 1.36 bits per heavy atom. The molecule has 0 amide bonds. The fraction of sp³-hybridized carbons (Fsp3) is 0. The molecule has 0 spiro atoms. The molecule has 0 rings (SSSR count). The van der Waals surface area contributed by atoms with Gasteiger partial charge in [-0.15, -0.1) is 4.31 Å². The van der Waals surface area contributed by atoms with Crippen molar-refractivity contribution >= 4 is 23.8 Å². The minimum absolute atomic E-state index is 1.87. The van der Waals surface area contributed by atoms with Gasteiger partial charge in [0.15, 0.2) is 0 Å². The van der Waals surface area contributed by atoms with Gasteiger partial charge in [0.25, 0.3) is 0 Å². The van der Waals surface area contributed by atoms with Crippen molar-refractivity contribution in [1.82, 2.24) is 0 Å². The minimum atomic E-state index is -5.59. The highest BCUT2D eigenvalue weighted by Gasteiger charge is 2.46. The first-order valence-electron chi connectivity index (χ1n) is 2.51. The third-order valence-corrected chi connectivity index (χ3v) is 4.25. The zero-order valence-electron chi connectivity index (χ0n) is 6.04. The van der Waals surface area contributed by atoms with E-state index in [2.05, 4.69) is 8.62 Å². The number of phosphoric acid groups is 1. The van der Waals surface area contributed by atoms with Crippen molar-refractivity contribution in [2.75, 3.05) is 0 Å². The number of rotatable bonds is 5. The normalized spacial score (nSPS) is 21.9. The van der Waals surface area contributed by atoms with Gasteiger partial charge in [0.05, 0.1) is 0 Å². The summed E-state index contributed by atoms with van der Waals surface area (Å²) >= 11 is 0. The molecule has 84 valence electrons. The summed E-state index contributed by atoms with van der Waals surface area (Å²) in [7, 11) is -14.9. The van der Waals surface area contributed by atoms with E-state index in [9.17, 15) is 23.8 Å². The highest BCUT2D eigenvalue weighted by Crippen LogP contribution is 2.62. The van der Waals surface area contributed by atoms with Gasteiger partial charge >= 0.3 is 23.8 Å². The molecule has 0 aliphatic rings. The quantitative estimate of drug-likeness (QED) is 0.347. The van der Waals surface area contributed by atoms with Gasteiger partial charge in [-0.1, -0.05) is 0 Å². The van der Waals surface area contributed by atoms with Crippen LogP contribution < -0.4 is 0 Å². The van der Waals surface area contributed by atoms with E-state index in [0.29, 0.717) is 0 Å². The van der Waals surface area contributed by atoms with Gasteiger partial charge in [0.1, 0.15) is 4.69 Å². The van der Waals surface area contributed by atoms with Crippen LogP contribution in [-0.4, -0.2) is 19.4 Å². The molecule has 14 heavy (non-hydrogen) atoms. The molecule has 3 N–H and O–H groups in total.